The van der Waals surface area contributed by atoms with Crippen molar-refractivity contribution in [2.24, 2.45) is 0 Å². The van der Waals surface area contributed by atoms with Gasteiger partial charge in [-0.3, -0.25) is 9.48 Å². The number of carbonyl (C=O) groups is 1. The molecule has 6 heteroatoms. The number of fused-ring (bicyclic) bond motifs is 1. The molecule has 1 aliphatic carbocycles. The maximum Gasteiger partial charge on any atom is 0.225 e. The maximum absolute atomic E-state index is 12.7. The van der Waals surface area contributed by atoms with E-state index in [4.69, 9.17) is 16.3 Å². The van der Waals surface area contributed by atoms with Crippen LogP contribution in [-0.2, 0) is 24.2 Å². The summed E-state index contributed by atoms with van der Waals surface area (Å²) in [7, 11) is 1.62. The number of nitrogens with zero attached hydrogens (tertiary/aromatic N) is 2. The molecule has 1 aromatic heterocycles. The number of amides is 1. The van der Waals surface area contributed by atoms with Crippen molar-refractivity contribution in [3.8, 4) is 5.75 Å². The standard InChI is InChI=1S/C23H24ClN3O2/c1-29-22-8-3-2-5-17(22)13-23(28)26-20-6-4-7-21-19(20)14-25-27(21)15-16-9-11-18(24)12-10-16/h2-3,5,8-12,14,20H,4,6-7,13,15H2,1H3,(H,26,28). The highest BCUT2D eigenvalue weighted by molar-refractivity contribution is 6.30. The highest BCUT2D eigenvalue weighted by Gasteiger charge is 2.25. The van der Waals surface area contributed by atoms with Crippen LogP contribution in [0.15, 0.2) is 54.7 Å². The minimum Gasteiger partial charge on any atom is -0.496 e. The lowest BCUT2D eigenvalue weighted by atomic mass is 9.92. The summed E-state index contributed by atoms with van der Waals surface area (Å²) in [6.07, 6.45) is 5.13. The molecule has 1 atom stereocenters. The van der Waals surface area contributed by atoms with Gasteiger partial charge in [0, 0.05) is 21.8 Å². The quantitative estimate of drug-likeness (QED) is 0.659. The highest BCUT2D eigenvalue weighted by atomic mass is 35.5. The molecule has 1 heterocycles. The molecule has 1 amide bonds. The first-order chi connectivity index (χ1) is 14.1. The summed E-state index contributed by atoms with van der Waals surface area (Å²) >= 11 is 5.98. The van der Waals surface area contributed by atoms with E-state index in [1.807, 2.05) is 59.4 Å². The Balaban J connectivity index is 1.46. The first kappa shape index (κ1) is 19.5. The molecule has 0 radical (unpaired) electrons. The van der Waals surface area contributed by atoms with Crippen LogP contribution >= 0.6 is 11.6 Å². The zero-order valence-corrected chi connectivity index (χ0v) is 17.2. The van der Waals surface area contributed by atoms with Crippen molar-refractivity contribution in [2.45, 2.75) is 38.3 Å². The van der Waals surface area contributed by atoms with Crippen molar-refractivity contribution in [2.75, 3.05) is 7.11 Å². The van der Waals surface area contributed by atoms with Crippen molar-refractivity contribution < 1.29 is 9.53 Å². The fourth-order valence-corrected chi connectivity index (χ4v) is 4.06. The summed E-state index contributed by atoms with van der Waals surface area (Å²) in [6.45, 7) is 0.703. The Bertz CT molecular complexity index is 998. The van der Waals surface area contributed by atoms with E-state index < -0.39 is 0 Å². The van der Waals surface area contributed by atoms with Gasteiger partial charge in [-0.05, 0) is 43.0 Å². The van der Waals surface area contributed by atoms with Crippen LogP contribution in [0.1, 0.15) is 41.3 Å². The first-order valence-electron chi connectivity index (χ1n) is 9.84. The Morgan fingerprint density at radius 1 is 1.24 bits per heavy atom. The van der Waals surface area contributed by atoms with Gasteiger partial charge in [0.15, 0.2) is 0 Å². The van der Waals surface area contributed by atoms with E-state index in [-0.39, 0.29) is 11.9 Å². The maximum atomic E-state index is 12.7. The van der Waals surface area contributed by atoms with Crippen molar-refractivity contribution in [1.82, 2.24) is 15.1 Å². The first-order valence-corrected chi connectivity index (χ1v) is 10.2. The summed E-state index contributed by atoms with van der Waals surface area (Å²) in [5, 5.41) is 8.52. The predicted octanol–water partition coefficient (Wildman–Crippen LogP) is 4.33. The number of rotatable bonds is 6. The van der Waals surface area contributed by atoms with E-state index in [9.17, 15) is 4.79 Å². The molecular formula is C23H24ClN3O2. The Morgan fingerprint density at radius 2 is 2.03 bits per heavy atom. The van der Waals surface area contributed by atoms with Gasteiger partial charge in [-0.15, -0.1) is 0 Å². The van der Waals surface area contributed by atoms with E-state index in [0.717, 1.165) is 46.7 Å². The molecule has 1 N–H and O–H groups in total. The zero-order chi connectivity index (χ0) is 20.2. The van der Waals surface area contributed by atoms with Gasteiger partial charge in [-0.1, -0.05) is 41.9 Å². The number of methoxy groups -OCH3 is 1. The van der Waals surface area contributed by atoms with Gasteiger partial charge < -0.3 is 10.1 Å². The van der Waals surface area contributed by atoms with Crippen LogP contribution in [0.4, 0.5) is 0 Å². The smallest absolute Gasteiger partial charge is 0.225 e. The summed E-state index contributed by atoms with van der Waals surface area (Å²) in [5.41, 5.74) is 4.37. The minimum atomic E-state index is -0.00204. The highest BCUT2D eigenvalue weighted by Crippen LogP contribution is 2.30. The van der Waals surface area contributed by atoms with Crippen molar-refractivity contribution >= 4 is 17.5 Å². The molecule has 0 fully saturated rings. The van der Waals surface area contributed by atoms with Crippen LogP contribution in [0, 0.1) is 0 Å². The number of hydrogen-bond donors (Lipinski definition) is 1. The van der Waals surface area contributed by atoms with Gasteiger partial charge in [0.05, 0.1) is 32.3 Å². The average Bonchev–Trinajstić information content (AvgIpc) is 3.14. The predicted molar refractivity (Wildman–Crippen MR) is 113 cm³/mol. The molecule has 0 spiro atoms. The summed E-state index contributed by atoms with van der Waals surface area (Å²) in [5.74, 6) is 0.737. The van der Waals surface area contributed by atoms with E-state index in [1.165, 1.54) is 5.69 Å². The van der Waals surface area contributed by atoms with Crippen LogP contribution in [0.25, 0.3) is 0 Å². The number of carbonyl (C=O) groups excluding carboxylic acids is 1. The third-order valence-electron chi connectivity index (χ3n) is 5.39. The van der Waals surface area contributed by atoms with E-state index in [2.05, 4.69) is 10.4 Å². The molecule has 29 heavy (non-hydrogen) atoms. The third-order valence-corrected chi connectivity index (χ3v) is 5.64. The number of para-hydroxylation sites is 1. The van der Waals surface area contributed by atoms with Gasteiger partial charge in [0.25, 0.3) is 0 Å². The lowest BCUT2D eigenvalue weighted by molar-refractivity contribution is -0.121. The molecule has 2 aromatic carbocycles. The fourth-order valence-electron chi connectivity index (χ4n) is 3.94. The molecule has 0 saturated heterocycles. The van der Waals surface area contributed by atoms with Gasteiger partial charge in [0.2, 0.25) is 5.91 Å². The largest absolute Gasteiger partial charge is 0.496 e. The van der Waals surface area contributed by atoms with Crippen LogP contribution in [0.5, 0.6) is 5.75 Å². The second-order valence-corrected chi connectivity index (χ2v) is 7.77. The summed E-state index contributed by atoms with van der Waals surface area (Å²) in [6, 6.07) is 15.5. The Morgan fingerprint density at radius 3 is 2.83 bits per heavy atom. The van der Waals surface area contributed by atoms with E-state index in [1.54, 1.807) is 7.11 Å². The number of nitrogens with one attached hydrogen (secondary N) is 1. The molecule has 4 rings (SSSR count). The third kappa shape index (κ3) is 4.46. The average molecular weight is 410 g/mol. The van der Waals surface area contributed by atoms with Crippen LogP contribution < -0.4 is 10.1 Å². The number of aromatic nitrogens is 2. The number of benzene rings is 2. The van der Waals surface area contributed by atoms with Crippen LogP contribution in [0.3, 0.4) is 0 Å². The second-order valence-electron chi connectivity index (χ2n) is 7.33. The summed E-state index contributed by atoms with van der Waals surface area (Å²) in [4.78, 5) is 12.7. The monoisotopic (exact) mass is 409 g/mol. The normalized spacial score (nSPS) is 15.6. The van der Waals surface area contributed by atoms with Gasteiger partial charge in [-0.25, -0.2) is 0 Å². The molecule has 5 nitrogen and oxygen atoms in total. The van der Waals surface area contributed by atoms with Crippen molar-refractivity contribution in [1.29, 1.82) is 0 Å². The fraction of sp³-hybridized carbons (Fsp3) is 0.304. The van der Waals surface area contributed by atoms with Crippen molar-refractivity contribution in [3.05, 3.63) is 82.1 Å². The number of halogens is 1. The molecule has 0 aliphatic heterocycles. The van der Waals surface area contributed by atoms with Crippen LogP contribution in [-0.4, -0.2) is 22.8 Å². The molecule has 0 bridgehead atoms. The molecule has 3 aromatic rings. The lowest BCUT2D eigenvalue weighted by Crippen LogP contribution is -2.32. The van der Waals surface area contributed by atoms with E-state index >= 15 is 0 Å². The van der Waals surface area contributed by atoms with E-state index in [0.29, 0.717) is 13.0 Å². The molecule has 1 aliphatic rings. The Kier molecular flexibility index (Phi) is 5.86. The topological polar surface area (TPSA) is 56.1 Å². The second kappa shape index (κ2) is 8.70. The molecular weight excluding hydrogens is 386 g/mol. The SMILES string of the molecule is COc1ccccc1CC(=O)NC1CCCc2c1cnn2Cc1ccc(Cl)cc1. The number of hydrogen-bond acceptors (Lipinski definition) is 3. The Labute approximate surface area is 175 Å². The van der Waals surface area contributed by atoms with Gasteiger partial charge >= 0.3 is 0 Å². The van der Waals surface area contributed by atoms with Gasteiger partial charge in [0.1, 0.15) is 5.75 Å². The molecule has 1 unspecified atom stereocenters. The Hall–Kier alpha value is -2.79. The molecule has 150 valence electrons. The summed E-state index contributed by atoms with van der Waals surface area (Å²) < 4.78 is 7.40. The number of ether oxygens (including phenoxy) is 1. The molecule has 0 saturated carbocycles. The zero-order valence-electron chi connectivity index (χ0n) is 16.4. The van der Waals surface area contributed by atoms with Crippen molar-refractivity contribution in [3.63, 3.8) is 0 Å². The minimum absolute atomic E-state index is 0.0000695. The van der Waals surface area contributed by atoms with Crippen LogP contribution in [0.2, 0.25) is 5.02 Å². The van der Waals surface area contributed by atoms with Gasteiger partial charge in [-0.2, -0.15) is 5.10 Å². The lowest BCUT2D eigenvalue weighted by Gasteiger charge is -2.24.